The minimum absolute atomic E-state index is 0.135. The van der Waals surface area contributed by atoms with Crippen molar-refractivity contribution in [2.45, 2.75) is 0 Å². The number of ether oxygens (including phenoxy) is 3. The Kier molecular flexibility index (Phi) is 5.20. The van der Waals surface area contributed by atoms with Crippen LogP contribution in [0.5, 0.6) is 17.2 Å². The molecule has 0 unspecified atom stereocenters. The third-order valence-electron chi connectivity index (χ3n) is 3.29. The number of para-hydroxylation sites is 1. The third-order valence-corrected chi connectivity index (χ3v) is 3.29. The molecule has 0 atom stereocenters. The molecule has 0 aliphatic rings. The second-order valence-corrected chi connectivity index (χ2v) is 4.64. The lowest BCUT2D eigenvalue weighted by atomic mass is 10.1. The summed E-state index contributed by atoms with van der Waals surface area (Å²) in [4.78, 5) is 22.8. The summed E-state index contributed by atoms with van der Waals surface area (Å²) in [6.45, 7) is 0. The Morgan fingerprint density at radius 3 is 2.33 bits per heavy atom. The van der Waals surface area contributed by atoms with Crippen LogP contribution in [0.15, 0.2) is 36.4 Å². The predicted octanol–water partition coefficient (Wildman–Crippen LogP) is 2.87. The second kappa shape index (κ2) is 7.32. The van der Waals surface area contributed by atoms with E-state index in [0.717, 1.165) is 0 Å². The van der Waals surface area contributed by atoms with Crippen molar-refractivity contribution >= 4 is 17.3 Å². The summed E-state index contributed by atoms with van der Waals surface area (Å²) >= 11 is 0. The van der Waals surface area contributed by atoms with Crippen molar-refractivity contribution in [3.8, 4) is 17.2 Å². The van der Waals surface area contributed by atoms with Gasteiger partial charge in [-0.3, -0.25) is 14.9 Å². The van der Waals surface area contributed by atoms with Gasteiger partial charge in [-0.15, -0.1) is 0 Å². The van der Waals surface area contributed by atoms with Crippen molar-refractivity contribution in [1.29, 1.82) is 0 Å². The summed E-state index contributed by atoms with van der Waals surface area (Å²) in [7, 11) is 4.26. The number of hydrogen-bond donors (Lipinski definition) is 1. The first-order valence-corrected chi connectivity index (χ1v) is 6.86. The Bertz CT molecular complexity index is 775. The quantitative estimate of drug-likeness (QED) is 0.645. The fraction of sp³-hybridized carbons (Fsp3) is 0.188. The molecule has 0 heterocycles. The maximum absolute atomic E-state index is 12.5. The van der Waals surface area contributed by atoms with Gasteiger partial charge >= 0.3 is 0 Å². The van der Waals surface area contributed by atoms with E-state index in [1.54, 1.807) is 18.2 Å². The fourth-order valence-electron chi connectivity index (χ4n) is 2.15. The summed E-state index contributed by atoms with van der Waals surface area (Å²) in [6, 6.07) is 8.82. The van der Waals surface area contributed by atoms with Crippen LogP contribution in [0.3, 0.4) is 0 Å². The number of rotatable bonds is 6. The Morgan fingerprint density at radius 2 is 1.75 bits per heavy atom. The number of anilines is 1. The Labute approximate surface area is 138 Å². The van der Waals surface area contributed by atoms with E-state index < -0.39 is 10.8 Å². The van der Waals surface area contributed by atoms with Crippen molar-refractivity contribution < 1.29 is 23.9 Å². The summed E-state index contributed by atoms with van der Waals surface area (Å²) in [5, 5.41) is 13.5. The highest BCUT2D eigenvalue weighted by molar-refractivity contribution is 6.07. The van der Waals surface area contributed by atoms with Gasteiger partial charge in [-0.05, 0) is 18.2 Å². The number of nitrogens with one attached hydrogen (secondary N) is 1. The number of nitro groups is 1. The van der Waals surface area contributed by atoms with Crippen LogP contribution >= 0.6 is 0 Å². The molecule has 24 heavy (non-hydrogen) atoms. The second-order valence-electron chi connectivity index (χ2n) is 4.64. The maximum Gasteiger partial charge on any atom is 0.273 e. The van der Waals surface area contributed by atoms with Gasteiger partial charge in [0.2, 0.25) is 0 Å². The van der Waals surface area contributed by atoms with Crippen molar-refractivity contribution in [3.63, 3.8) is 0 Å². The van der Waals surface area contributed by atoms with Crippen LogP contribution in [-0.2, 0) is 0 Å². The molecule has 0 aromatic heterocycles. The molecule has 8 nitrogen and oxygen atoms in total. The Balaban J connectivity index is 2.35. The normalized spacial score (nSPS) is 9.96. The van der Waals surface area contributed by atoms with E-state index in [1.807, 2.05) is 0 Å². The van der Waals surface area contributed by atoms with Gasteiger partial charge < -0.3 is 19.5 Å². The number of nitro benzene ring substituents is 1. The first kappa shape index (κ1) is 17.1. The minimum Gasteiger partial charge on any atom is -0.494 e. The Morgan fingerprint density at radius 1 is 1.04 bits per heavy atom. The molecular formula is C16H16N2O6. The van der Waals surface area contributed by atoms with Crippen LogP contribution in [0.2, 0.25) is 0 Å². The third kappa shape index (κ3) is 3.37. The fourth-order valence-corrected chi connectivity index (χ4v) is 2.15. The molecule has 0 radical (unpaired) electrons. The number of methoxy groups -OCH3 is 3. The van der Waals surface area contributed by atoms with Gasteiger partial charge in [0.1, 0.15) is 5.75 Å². The van der Waals surface area contributed by atoms with Gasteiger partial charge in [0.05, 0.1) is 43.6 Å². The highest BCUT2D eigenvalue weighted by Crippen LogP contribution is 2.33. The highest BCUT2D eigenvalue weighted by Gasteiger charge is 2.19. The molecule has 0 aliphatic carbocycles. The molecule has 0 spiro atoms. The van der Waals surface area contributed by atoms with Gasteiger partial charge in [0.15, 0.2) is 11.5 Å². The zero-order valence-corrected chi connectivity index (χ0v) is 13.4. The van der Waals surface area contributed by atoms with Crippen LogP contribution in [0.1, 0.15) is 10.4 Å². The molecule has 2 aromatic rings. The number of hydrogen-bond acceptors (Lipinski definition) is 6. The van der Waals surface area contributed by atoms with Crippen LogP contribution in [0.4, 0.5) is 11.4 Å². The molecular weight excluding hydrogens is 316 g/mol. The number of carbonyl (C=O) groups is 1. The lowest BCUT2D eigenvalue weighted by molar-refractivity contribution is -0.384. The van der Waals surface area contributed by atoms with Crippen LogP contribution < -0.4 is 19.5 Å². The number of nitrogens with zero attached hydrogens (tertiary/aromatic N) is 1. The molecule has 0 fully saturated rings. The van der Waals surface area contributed by atoms with Crippen LogP contribution in [0, 0.1) is 10.1 Å². The van der Waals surface area contributed by atoms with E-state index in [1.165, 1.54) is 39.5 Å². The zero-order chi connectivity index (χ0) is 17.7. The van der Waals surface area contributed by atoms with E-state index in [4.69, 9.17) is 14.2 Å². The molecule has 2 rings (SSSR count). The van der Waals surface area contributed by atoms with Crippen molar-refractivity contribution in [1.82, 2.24) is 0 Å². The predicted molar refractivity (Wildman–Crippen MR) is 87.1 cm³/mol. The van der Waals surface area contributed by atoms with E-state index in [2.05, 4.69) is 5.32 Å². The molecule has 126 valence electrons. The first-order valence-electron chi connectivity index (χ1n) is 6.86. The summed E-state index contributed by atoms with van der Waals surface area (Å²) in [6.07, 6.45) is 0. The van der Waals surface area contributed by atoms with Gasteiger partial charge in [0.25, 0.3) is 11.6 Å². The molecule has 1 amide bonds. The van der Waals surface area contributed by atoms with Gasteiger partial charge in [-0.25, -0.2) is 0 Å². The standard InChI is InChI=1S/C16H16N2O6/c1-22-13-6-4-5-11(15(13)24-3)16(19)17-12-8-7-10(18(20)21)9-14(12)23-2/h4-9H,1-3H3,(H,17,19). The SMILES string of the molecule is COc1cc([N+](=O)[O-])ccc1NC(=O)c1cccc(OC)c1OC. The molecule has 8 heteroatoms. The Hall–Kier alpha value is -3.29. The van der Waals surface area contributed by atoms with E-state index in [-0.39, 0.29) is 17.0 Å². The number of benzene rings is 2. The number of amides is 1. The lowest BCUT2D eigenvalue weighted by Gasteiger charge is -2.14. The molecule has 0 saturated heterocycles. The van der Waals surface area contributed by atoms with Crippen molar-refractivity contribution in [2.75, 3.05) is 26.6 Å². The smallest absolute Gasteiger partial charge is 0.273 e. The van der Waals surface area contributed by atoms with Gasteiger partial charge in [0, 0.05) is 6.07 Å². The van der Waals surface area contributed by atoms with E-state index >= 15 is 0 Å². The monoisotopic (exact) mass is 332 g/mol. The van der Waals surface area contributed by atoms with E-state index in [0.29, 0.717) is 17.2 Å². The molecule has 2 aromatic carbocycles. The maximum atomic E-state index is 12.5. The first-order chi connectivity index (χ1) is 11.5. The van der Waals surface area contributed by atoms with Crippen molar-refractivity contribution in [3.05, 3.63) is 52.1 Å². The van der Waals surface area contributed by atoms with Gasteiger partial charge in [-0.1, -0.05) is 6.07 Å². The minimum atomic E-state index is -0.542. The number of non-ortho nitro benzene ring substituents is 1. The molecule has 1 N–H and O–H groups in total. The van der Waals surface area contributed by atoms with Crippen molar-refractivity contribution in [2.24, 2.45) is 0 Å². The largest absolute Gasteiger partial charge is 0.494 e. The zero-order valence-electron chi connectivity index (χ0n) is 13.4. The molecule has 0 saturated carbocycles. The van der Waals surface area contributed by atoms with Crippen LogP contribution in [0.25, 0.3) is 0 Å². The van der Waals surface area contributed by atoms with E-state index in [9.17, 15) is 14.9 Å². The summed E-state index contributed by atoms with van der Waals surface area (Å²) in [5.74, 6) is 0.427. The molecule has 0 aliphatic heterocycles. The van der Waals surface area contributed by atoms with Gasteiger partial charge in [-0.2, -0.15) is 0 Å². The van der Waals surface area contributed by atoms with Crippen LogP contribution in [-0.4, -0.2) is 32.2 Å². The molecule has 0 bridgehead atoms. The lowest BCUT2D eigenvalue weighted by Crippen LogP contribution is -2.14. The average Bonchev–Trinajstić information content (AvgIpc) is 2.60. The number of carbonyl (C=O) groups excluding carboxylic acids is 1. The average molecular weight is 332 g/mol. The topological polar surface area (TPSA) is 99.9 Å². The summed E-state index contributed by atoms with van der Waals surface area (Å²) in [5.41, 5.74) is 0.430. The highest BCUT2D eigenvalue weighted by atomic mass is 16.6. The summed E-state index contributed by atoms with van der Waals surface area (Å²) < 4.78 is 15.5.